The number of halogens is 2. The van der Waals surface area contributed by atoms with Crippen molar-refractivity contribution in [1.82, 2.24) is 9.97 Å². The summed E-state index contributed by atoms with van der Waals surface area (Å²) in [4.78, 5) is 9.82. The molecule has 0 bridgehead atoms. The van der Waals surface area contributed by atoms with Gasteiger partial charge >= 0.3 is 237 Å². The molecule has 0 N–H and O–H groups in total. The quantitative estimate of drug-likeness (QED) is 0.144. The van der Waals surface area contributed by atoms with Gasteiger partial charge in [-0.3, -0.25) is 0 Å². The number of nitriles is 2. The molecule has 2 heterocycles. The van der Waals surface area contributed by atoms with Crippen LogP contribution in [-0.4, -0.2) is 17.6 Å². The molecule has 0 unspecified atom stereocenters. The van der Waals surface area contributed by atoms with Crippen LogP contribution >= 0.6 is 55.2 Å². The number of pyridine rings is 2. The summed E-state index contributed by atoms with van der Waals surface area (Å²) in [5.41, 5.74) is 6.85. The summed E-state index contributed by atoms with van der Waals surface area (Å²) in [7, 11) is 0.299. The second kappa shape index (κ2) is 11.8. The molecule has 0 radical (unpaired) electrons. The molecular formula is C26H18I2N4S2Sn. The van der Waals surface area contributed by atoms with Crippen LogP contribution in [0.4, 0.5) is 0 Å². The average Bonchev–Trinajstić information content (AvgIpc) is 2.84. The van der Waals surface area contributed by atoms with Gasteiger partial charge in [-0.15, -0.1) is 0 Å². The first-order chi connectivity index (χ1) is 16.8. The SMILES string of the molecule is Cc1cc(-c2ccccc2)nc([S][Sn]([I])([I])[S]c2nc(-c3ccccc3)cc(C)c2C#N)c1C#N. The summed E-state index contributed by atoms with van der Waals surface area (Å²) in [5, 5.41) is 21.3. The summed E-state index contributed by atoms with van der Waals surface area (Å²) in [6, 6.07) is 28.7. The Hall–Kier alpha value is -1.32. The van der Waals surface area contributed by atoms with Crippen molar-refractivity contribution in [2.45, 2.75) is 23.9 Å². The van der Waals surface area contributed by atoms with Gasteiger partial charge in [-0.25, -0.2) is 0 Å². The van der Waals surface area contributed by atoms with Crippen molar-refractivity contribution in [2.24, 2.45) is 0 Å². The van der Waals surface area contributed by atoms with Crippen molar-refractivity contribution in [3.63, 3.8) is 0 Å². The molecule has 0 saturated carbocycles. The zero-order valence-corrected chi connectivity index (χ0v) is 27.6. The number of rotatable bonds is 6. The fraction of sp³-hybridized carbons (Fsp3) is 0.0769. The monoisotopic (exact) mass is 824 g/mol. The predicted molar refractivity (Wildman–Crippen MR) is 164 cm³/mol. The van der Waals surface area contributed by atoms with Crippen LogP contribution in [0.15, 0.2) is 82.8 Å². The first kappa shape index (κ1) is 26.7. The van der Waals surface area contributed by atoms with Gasteiger partial charge in [-0.1, -0.05) is 0 Å². The van der Waals surface area contributed by atoms with E-state index in [0.717, 1.165) is 43.7 Å². The molecule has 35 heavy (non-hydrogen) atoms. The summed E-state index contributed by atoms with van der Waals surface area (Å²) in [5.74, 6) is 0. The van der Waals surface area contributed by atoms with E-state index in [0.29, 0.717) is 11.1 Å². The molecule has 0 atom stereocenters. The molecule has 0 spiro atoms. The van der Waals surface area contributed by atoms with E-state index >= 15 is 0 Å². The number of aromatic nitrogens is 2. The molecule has 0 aliphatic rings. The molecule has 0 aliphatic carbocycles. The third kappa shape index (κ3) is 6.52. The maximum absolute atomic E-state index is 9.88. The van der Waals surface area contributed by atoms with E-state index in [-0.39, 0.29) is 0 Å². The normalized spacial score (nSPS) is 11.0. The van der Waals surface area contributed by atoms with Crippen LogP contribution in [-0.2, 0) is 0 Å². The van der Waals surface area contributed by atoms with Gasteiger partial charge in [-0.2, -0.15) is 0 Å². The minimum absolute atomic E-state index is 0.618. The third-order valence-corrected chi connectivity index (χ3v) is 35.1. The molecule has 0 amide bonds. The Morgan fingerprint density at radius 2 is 1.06 bits per heavy atom. The van der Waals surface area contributed by atoms with E-state index in [2.05, 4.69) is 49.4 Å². The van der Waals surface area contributed by atoms with E-state index < -0.39 is 7.67 Å². The van der Waals surface area contributed by atoms with Crippen LogP contribution in [0, 0.1) is 36.5 Å². The van der Waals surface area contributed by atoms with E-state index in [4.69, 9.17) is 9.97 Å². The molecule has 0 aliphatic heterocycles. The van der Waals surface area contributed by atoms with Gasteiger partial charge in [0.05, 0.1) is 0 Å². The third-order valence-electron chi connectivity index (χ3n) is 5.16. The van der Waals surface area contributed by atoms with Crippen molar-refractivity contribution in [3.05, 3.63) is 95.1 Å². The molecule has 9 heteroatoms. The second-order valence-corrected chi connectivity index (χ2v) is 80.1. The zero-order valence-electron chi connectivity index (χ0n) is 18.8. The Labute approximate surface area is 234 Å². The van der Waals surface area contributed by atoms with Crippen LogP contribution in [0.25, 0.3) is 22.5 Å². The standard InChI is InChI=1S/2C13H10N2S.2HI.Sn/c2*1-9-7-12(10-5-3-2-4-6-10)15-13(16)11(9)8-14;;;/h2*2-7H,1H3,(H,15,16);2*1H;/q;;;;+4/p-4. The van der Waals surface area contributed by atoms with Crippen LogP contribution in [0.1, 0.15) is 22.3 Å². The number of hydrogen-bond acceptors (Lipinski definition) is 6. The Morgan fingerprint density at radius 1 is 0.686 bits per heavy atom. The van der Waals surface area contributed by atoms with Crippen molar-refractivity contribution in [1.29, 1.82) is 10.5 Å². The van der Waals surface area contributed by atoms with Gasteiger partial charge in [-0.05, 0) is 0 Å². The van der Waals surface area contributed by atoms with Crippen molar-refractivity contribution >= 4 is 62.8 Å². The summed E-state index contributed by atoms with van der Waals surface area (Å²) in [6.45, 7) is 3.92. The van der Waals surface area contributed by atoms with Gasteiger partial charge in [0, 0.05) is 0 Å². The van der Waals surface area contributed by atoms with E-state index in [1.54, 1.807) is 17.9 Å². The minimum atomic E-state index is -3.11. The molecule has 2 aromatic carbocycles. The van der Waals surface area contributed by atoms with Crippen molar-refractivity contribution in [2.75, 3.05) is 0 Å². The Balaban J connectivity index is 1.72. The van der Waals surface area contributed by atoms with E-state index in [1.807, 2.05) is 86.6 Å². The molecule has 4 rings (SSSR count). The van der Waals surface area contributed by atoms with Gasteiger partial charge in [0.25, 0.3) is 0 Å². The topological polar surface area (TPSA) is 73.4 Å². The first-order valence-corrected chi connectivity index (χ1v) is 35.8. The van der Waals surface area contributed by atoms with E-state index in [1.165, 1.54) is 0 Å². The van der Waals surface area contributed by atoms with Crippen LogP contribution < -0.4 is 0 Å². The predicted octanol–water partition coefficient (Wildman–Crippen LogP) is 8.36. The van der Waals surface area contributed by atoms with Crippen LogP contribution in [0.3, 0.4) is 0 Å². The van der Waals surface area contributed by atoms with Gasteiger partial charge in [0.1, 0.15) is 0 Å². The molecule has 0 fully saturated rings. The summed E-state index contributed by atoms with van der Waals surface area (Å²) in [6.07, 6.45) is 0. The Kier molecular flexibility index (Phi) is 9.03. The Bertz CT molecular complexity index is 1360. The molecule has 172 valence electrons. The van der Waals surface area contributed by atoms with Crippen LogP contribution in [0.2, 0.25) is 0 Å². The molecule has 0 saturated heterocycles. The van der Waals surface area contributed by atoms with Gasteiger partial charge in [0.15, 0.2) is 0 Å². The van der Waals surface area contributed by atoms with Gasteiger partial charge in [0.2, 0.25) is 0 Å². The number of aryl methyl sites for hydroxylation is 2. The fourth-order valence-electron chi connectivity index (χ4n) is 3.47. The van der Waals surface area contributed by atoms with Crippen molar-refractivity contribution in [3.8, 4) is 34.7 Å². The Morgan fingerprint density at radius 3 is 1.40 bits per heavy atom. The van der Waals surface area contributed by atoms with Crippen LogP contribution in [0.5, 0.6) is 0 Å². The van der Waals surface area contributed by atoms with E-state index in [9.17, 15) is 10.5 Å². The number of hydrogen-bond donors (Lipinski definition) is 0. The number of nitrogens with zero attached hydrogens (tertiary/aromatic N) is 4. The molecular weight excluding hydrogens is 805 g/mol. The maximum atomic E-state index is 9.88. The zero-order chi connectivity index (χ0) is 25.0. The molecule has 2 aromatic heterocycles. The van der Waals surface area contributed by atoms with Crippen molar-refractivity contribution < 1.29 is 0 Å². The fourth-order valence-corrected chi connectivity index (χ4v) is 32.4. The molecule has 4 nitrogen and oxygen atoms in total. The first-order valence-electron chi connectivity index (χ1n) is 10.5. The number of benzene rings is 2. The average molecular weight is 823 g/mol. The molecule has 4 aromatic rings. The summed E-state index contributed by atoms with van der Waals surface area (Å²) >= 11 is 5.10. The van der Waals surface area contributed by atoms with Gasteiger partial charge < -0.3 is 0 Å². The second-order valence-electron chi connectivity index (χ2n) is 7.63. The summed E-state index contributed by atoms with van der Waals surface area (Å²) < 4.78 is 0.